The minimum atomic E-state index is -0.707. The van der Waals surface area contributed by atoms with Gasteiger partial charge < -0.3 is 16.0 Å². The highest BCUT2D eigenvalue weighted by molar-refractivity contribution is 9.10. The number of rotatable bonds is 7. The molecule has 0 heterocycles. The van der Waals surface area contributed by atoms with Crippen LogP contribution in [0.15, 0.2) is 46.9 Å². The number of benzene rings is 2. The van der Waals surface area contributed by atoms with E-state index in [0.29, 0.717) is 17.7 Å². The molecule has 2 aromatic rings. The van der Waals surface area contributed by atoms with Crippen LogP contribution in [-0.4, -0.2) is 31.7 Å². The van der Waals surface area contributed by atoms with Gasteiger partial charge in [0.25, 0.3) is 11.8 Å². The summed E-state index contributed by atoms with van der Waals surface area (Å²) in [6.45, 7) is 0.570. The van der Waals surface area contributed by atoms with Crippen LogP contribution in [0.1, 0.15) is 34.3 Å². The number of hydrogen-bond donors (Lipinski definition) is 3. The van der Waals surface area contributed by atoms with E-state index in [4.69, 9.17) is 5.26 Å². The zero-order valence-corrected chi connectivity index (χ0v) is 19.8. The van der Waals surface area contributed by atoms with E-state index >= 15 is 0 Å². The number of nitrogens with one attached hydrogen (secondary N) is 3. The highest BCUT2D eigenvalue weighted by atomic mass is 79.9. The first-order chi connectivity index (χ1) is 14.8. The minimum absolute atomic E-state index is 0.126. The van der Waals surface area contributed by atoms with E-state index in [1.165, 1.54) is 0 Å². The predicted molar refractivity (Wildman–Crippen MR) is 126 cm³/mol. The van der Waals surface area contributed by atoms with E-state index in [1.807, 2.05) is 18.2 Å². The summed E-state index contributed by atoms with van der Waals surface area (Å²) in [4.78, 5) is 34.5. The number of halogens is 1. The van der Waals surface area contributed by atoms with E-state index in [-0.39, 0.29) is 24.3 Å². The van der Waals surface area contributed by atoms with Crippen LogP contribution in [-0.2, 0) is 21.7 Å². The van der Waals surface area contributed by atoms with Gasteiger partial charge in [0.2, 0.25) is 6.29 Å². The Kier molecular flexibility index (Phi) is 9.32. The normalized spacial score (nSPS) is 13.1. The van der Waals surface area contributed by atoms with Gasteiger partial charge in [0, 0.05) is 16.6 Å². The van der Waals surface area contributed by atoms with Gasteiger partial charge in [-0.05, 0) is 60.6 Å². The smallest absolute Gasteiger partial charge is 0.284 e. The molecule has 2 aromatic carbocycles. The molecule has 31 heavy (non-hydrogen) atoms. The van der Waals surface area contributed by atoms with Gasteiger partial charge in [0.05, 0.1) is 18.2 Å². The molecule has 1 atom stereocenters. The van der Waals surface area contributed by atoms with Gasteiger partial charge in [-0.25, -0.2) is 0 Å². The molecular weight excluding hydrogens is 479 g/mol. The van der Waals surface area contributed by atoms with Crippen LogP contribution >= 0.6 is 25.2 Å². The van der Waals surface area contributed by atoms with Crippen LogP contribution in [0.2, 0.25) is 0 Å². The topological polar surface area (TPSA) is 111 Å². The second-order valence-corrected chi connectivity index (χ2v) is 8.57. The Labute approximate surface area is 192 Å². The zero-order chi connectivity index (χ0) is 22.9. The van der Waals surface area contributed by atoms with Gasteiger partial charge in [-0.1, -0.05) is 34.1 Å². The quantitative estimate of drug-likeness (QED) is 0.232. The summed E-state index contributed by atoms with van der Waals surface area (Å²) < 4.78 is 0.970. The lowest BCUT2D eigenvalue weighted by Crippen LogP contribution is -2.36. The zero-order valence-electron chi connectivity index (χ0n) is 17.1. The van der Waals surface area contributed by atoms with Crippen LogP contribution in [0, 0.1) is 11.3 Å². The molecule has 1 fully saturated rings. The standard InChI is InChI=1S/C19H18BrN2O3P.C3H6N2/c20-14-7-13(8-15(26)9-14)19(5-6-19)22-18(25)16-4-2-1-3-12(16)10-21-17(24)11-23;1-5-3-2-4/h1-4,7-9,11H,5-6,10,26H2,(H,21,24)(H,22,25);5H,3H2,1H3. The fraction of sp³-hybridized carbons (Fsp3) is 0.273. The number of aldehydes is 1. The third-order valence-corrected chi connectivity index (χ3v) is 5.44. The number of nitriles is 1. The summed E-state index contributed by atoms with van der Waals surface area (Å²) in [7, 11) is 4.41. The number of amides is 2. The molecule has 1 aliphatic carbocycles. The van der Waals surface area contributed by atoms with Crippen molar-refractivity contribution in [3.05, 3.63) is 63.6 Å². The van der Waals surface area contributed by atoms with Crippen LogP contribution in [0.5, 0.6) is 0 Å². The minimum Gasteiger partial charge on any atom is -0.346 e. The summed E-state index contributed by atoms with van der Waals surface area (Å²) >= 11 is 3.50. The van der Waals surface area contributed by atoms with Crippen molar-refractivity contribution in [1.82, 2.24) is 16.0 Å². The van der Waals surface area contributed by atoms with Crippen molar-refractivity contribution in [3.63, 3.8) is 0 Å². The van der Waals surface area contributed by atoms with E-state index in [1.54, 1.807) is 31.3 Å². The lowest BCUT2D eigenvalue weighted by atomic mass is 10.0. The van der Waals surface area contributed by atoms with Crippen molar-refractivity contribution >= 4 is 48.6 Å². The molecule has 162 valence electrons. The molecule has 0 radical (unpaired) electrons. The maximum absolute atomic E-state index is 12.9. The van der Waals surface area contributed by atoms with Crippen molar-refractivity contribution in [2.45, 2.75) is 24.9 Å². The number of hydrogen-bond acceptors (Lipinski definition) is 5. The molecule has 3 rings (SSSR count). The molecule has 0 aromatic heterocycles. The van der Waals surface area contributed by atoms with Crippen molar-refractivity contribution in [2.24, 2.45) is 0 Å². The highest BCUT2D eigenvalue weighted by Gasteiger charge is 2.46. The Balaban J connectivity index is 0.000000614. The van der Waals surface area contributed by atoms with E-state index < -0.39 is 5.91 Å². The molecule has 0 spiro atoms. The second-order valence-electron chi connectivity index (χ2n) is 6.99. The van der Waals surface area contributed by atoms with Gasteiger partial charge >= 0.3 is 0 Å². The van der Waals surface area contributed by atoms with Gasteiger partial charge in [-0.3, -0.25) is 14.4 Å². The van der Waals surface area contributed by atoms with Gasteiger partial charge in [0.1, 0.15) is 0 Å². The predicted octanol–water partition coefficient (Wildman–Crippen LogP) is 1.91. The first kappa shape index (κ1) is 24.7. The Morgan fingerprint density at radius 2 is 1.97 bits per heavy atom. The van der Waals surface area contributed by atoms with E-state index in [2.05, 4.69) is 47.2 Å². The highest BCUT2D eigenvalue weighted by Crippen LogP contribution is 2.46. The lowest BCUT2D eigenvalue weighted by molar-refractivity contribution is -0.131. The molecule has 0 aliphatic heterocycles. The Morgan fingerprint density at radius 1 is 1.26 bits per heavy atom. The average molecular weight is 503 g/mol. The Bertz CT molecular complexity index is 982. The van der Waals surface area contributed by atoms with Gasteiger partial charge in [0.15, 0.2) is 0 Å². The number of carbonyl (C=O) groups excluding carboxylic acids is 3. The largest absolute Gasteiger partial charge is 0.346 e. The van der Waals surface area contributed by atoms with Crippen molar-refractivity contribution in [1.29, 1.82) is 5.26 Å². The van der Waals surface area contributed by atoms with Crippen molar-refractivity contribution < 1.29 is 14.4 Å². The molecule has 7 nitrogen and oxygen atoms in total. The number of nitrogens with zero attached hydrogens (tertiary/aromatic N) is 1. The average Bonchev–Trinajstić information content (AvgIpc) is 3.53. The van der Waals surface area contributed by atoms with Crippen molar-refractivity contribution in [3.8, 4) is 6.07 Å². The molecule has 0 bridgehead atoms. The van der Waals surface area contributed by atoms with Gasteiger partial charge in [-0.2, -0.15) is 5.26 Å². The maximum Gasteiger partial charge on any atom is 0.284 e. The summed E-state index contributed by atoms with van der Waals surface area (Å²) in [5.74, 6) is -0.898. The molecule has 9 heteroatoms. The number of carbonyl (C=O) groups is 3. The monoisotopic (exact) mass is 502 g/mol. The molecule has 1 saturated carbocycles. The van der Waals surface area contributed by atoms with Gasteiger partial charge in [-0.15, -0.1) is 9.24 Å². The van der Waals surface area contributed by atoms with E-state index in [0.717, 1.165) is 28.2 Å². The fourth-order valence-corrected chi connectivity index (χ4v) is 4.10. The Morgan fingerprint density at radius 3 is 2.52 bits per heavy atom. The first-order valence-electron chi connectivity index (χ1n) is 9.56. The van der Waals surface area contributed by atoms with Crippen LogP contribution in [0.4, 0.5) is 0 Å². The summed E-state index contributed by atoms with van der Waals surface area (Å²) in [6.07, 6.45) is 1.97. The van der Waals surface area contributed by atoms with Crippen LogP contribution in [0.25, 0.3) is 0 Å². The maximum atomic E-state index is 12.9. The molecule has 1 aliphatic rings. The molecular formula is C22H24BrN4O3P. The van der Waals surface area contributed by atoms with Crippen LogP contribution in [0.3, 0.4) is 0 Å². The van der Waals surface area contributed by atoms with Crippen LogP contribution < -0.4 is 21.3 Å². The lowest BCUT2D eigenvalue weighted by Gasteiger charge is -2.20. The summed E-state index contributed by atoms with van der Waals surface area (Å²) in [6, 6.07) is 15.0. The van der Waals surface area contributed by atoms with E-state index in [9.17, 15) is 14.4 Å². The summed E-state index contributed by atoms with van der Waals surface area (Å²) in [5.41, 5.74) is 1.87. The fourth-order valence-electron chi connectivity index (χ4n) is 2.98. The first-order valence-corrected chi connectivity index (χ1v) is 10.9. The molecule has 2 amide bonds. The summed E-state index contributed by atoms with van der Waals surface area (Å²) in [5, 5.41) is 17.1. The molecule has 1 unspecified atom stereocenters. The third kappa shape index (κ3) is 7.25. The SMILES string of the molecule is CNCC#N.O=CC(=O)NCc1ccccc1C(=O)NC1(c2cc(P)cc(Br)c2)CC1. The molecule has 0 saturated heterocycles. The molecule has 3 N–H and O–H groups in total. The Hall–Kier alpha value is -2.59. The second kappa shape index (κ2) is 11.7. The van der Waals surface area contributed by atoms with Crippen molar-refractivity contribution in [2.75, 3.05) is 13.6 Å². The third-order valence-electron chi connectivity index (χ3n) is 4.65.